The van der Waals surface area contributed by atoms with Gasteiger partial charge in [0.1, 0.15) is 5.54 Å². The van der Waals surface area contributed by atoms with Gasteiger partial charge in [-0.1, -0.05) is 13.3 Å². The van der Waals surface area contributed by atoms with E-state index >= 15 is 0 Å². The van der Waals surface area contributed by atoms with E-state index in [-0.39, 0.29) is 11.9 Å². The van der Waals surface area contributed by atoms with Gasteiger partial charge in [0.2, 0.25) is 0 Å². The van der Waals surface area contributed by atoms with Crippen molar-refractivity contribution in [2.24, 2.45) is 17.6 Å². The number of nitrogens with zero attached hydrogens (tertiary/aromatic N) is 1. The van der Waals surface area contributed by atoms with Gasteiger partial charge in [-0.05, 0) is 70.4 Å². The summed E-state index contributed by atoms with van der Waals surface area (Å²) in [5.74, 6) is 1.03. The van der Waals surface area contributed by atoms with E-state index in [1.165, 1.54) is 32.4 Å². The predicted molar refractivity (Wildman–Crippen MR) is 85.0 cm³/mol. The van der Waals surface area contributed by atoms with Crippen LogP contribution in [0, 0.1) is 11.8 Å². The van der Waals surface area contributed by atoms with E-state index in [1.54, 1.807) is 0 Å². The van der Waals surface area contributed by atoms with Crippen LogP contribution in [-0.2, 0) is 9.53 Å². The molecule has 0 heterocycles. The van der Waals surface area contributed by atoms with Crippen LogP contribution < -0.4 is 5.73 Å². The van der Waals surface area contributed by atoms with Gasteiger partial charge in [-0.2, -0.15) is 0 Å². The van der Waals surface area contributed by atoms with Crippen LogP contribution in [0.25, 0.3) is 0 Å². The van der Waals surface area contributed by atoms with Crippen LogP contribution in [-0.4, -0.2) is 42.6 Å². The summed E-state index contributed by atoms with van der Waals surface area (Å²) in [5, 5.41) is 0. The van der Waals surface area contributed by atoms with Crippen molar-refractivity contribution in [3.8, 4) is 0 Å². The first kappa shape index (κ1) is 16.8. The van der Waals surface area contributed by atoms with Crippen molar-refractivity contribution in [2.75, 3.05) is 26.2 Å². The molecule has 0 spiro atoms. The predicted octanol–water partition coefficient (Wildman–Crippen LogP) is 2.56. The molecule has 2 saturated carbocycles. The highest BCUT2D eigenvalue weighted by Crippen LogP contribution is 2.37. The molecule has 2 rings (SSSR count). The Morgan fingerprint density at radius 2 is 2.05 bits per heavy atom. The van der Waals surface area contributed by atoms with Crippen LogP contribution in [0.2, 0.25) is 0 Å². The molecule has 2 aliphatic rings. The second-order valence-corrected chi connectivity index (χ2v) is 6.88. The molecule has 2 unspecified atom stereocenters. The number of carbonyl (C=O) groups is 1. The van der Waals surface area contributed by atoms with Crippen LogP contribution in [0.4, 0.5) is 0 Å². The van der Waals surface area contributed by atoms with E-state index in [0.717, 1.165) is 38.1 Å². The summed E-state index contributed by atoms with van der Waals surface area (Å²) in [4.78, 5) is 14.7. The van der Waals surface area contributed by atoms with Crippen molar-refractivity contribution in [3.05, 3.63) is 0 Å². The van der Waals surface area contributed by atoms with Gasteiger partial charge in [-0.3, -0.25) is 4.79 Å². The molecule has 0 aliphatic heterocycles. The minimum Gasteiger partial charge on any atom is -0.465 e. The Labute approximate surface area is 129 Å². The van der Waals surface area contributed by atoms with Gasteiger partial charge in [0, 0.05) is 6.54 Å². The number of hydrogen-bond acceptors (Lipinski definition) is 4. The van der Waals surface area contributed by atoms with Crippen molar-refractivity contribution in [1.29, 1.82) is 0 Å². The van der Waals surface area contributed by atoms with Gasteiger partial charge in [0.25, 0.3) is 0 Å². The number of esters is 1. The number of nitrogens with two attached hydrogens (primary N) is 1. The Balaban J connectivity index is 1.85. The molecule has 4 nitrogen and oxygen atoms in total. The van der Waals surface area contributed by atoms with Crippen LogP contribution in [0.15, 0.2) is 0 Å². The van der Waals surface area contributed by atoms with E-state index < -0.39 is 5.54 Å². The van der Waals surface area contributed by atoms with Crippen molar-refractivity contribution < 1.29 is 9.53 Å². The second kappa shape index (κ2) is 7.59. The molecule has 2 N–H and O–H groups in total. The molecule has 122 valence electrons. The third-order valence-electron chi connectivity index (χ3n) is 5.07. The molecule has 0 aromatic carbocycles. The average molecular weight is 296 g/mol. The third kappa shape index (κ3) is 4.43. The normalized spacial score (nSPS) is 29.0. The zero-order valence-electron chi connectivity index (χ0n) is 13.8. The summed E-state index contributed by atoms with van der Waals surface area (Å²) in [6, 6.07) is 0. The highest BCUT2D eigenvalue weighted by atomic mass is 16.5. The van der Waals surface area contributed by atoms with Crippen LogP contribution in [0.5, 0.6) is 0 Å². The van der Waals surface area contributed by atoms with E-state index in [0.29, 0.717) is 6.61 Å². The monoisotopic (exact) mass is 296 g/mol. The van der Waals surface area contributed by atoms with Crippen molar-refractivity contribution in [1.82, 2.24) is 4.90 Å². The Kier molecular flexibility index (Phi) is 6.06. The molecule has 0 bridgehead atoms. The molecule has 2 aliphatic carbocycles. The van der Waals surface area contributed by atoms with Crippen molar-refractivity contribution in [2.45, 2.75) is 64.3 Å². The molecule has 0 saturated heterocycles. The highest BCUT2D eigenvalue weighted by molar-refractivity contribution is 5.81. The quantitative estimate of drug-likeness (QED) is 0.664. The lowest BCUT2D eigenvalue weighted by atomic mass is 9.85. The summed E-state index contributed by atoms with van der Waals surface area (Å²) in [6.07, 6.45) is 7.92. The first-order chi connectivity index (χ1) is 10.1. The van der Waals surface area contributed by atoms with E-state index in [1.807, 2.05) is 6.92 Å². The lowest BCUT2D eigenvalue weighted by Crippen LogP contribution is -2.52. The smallest absolute Gasteiger partial charge is 0.326 e. The molecule has 0 amide bonds. The second-order valence-electron chi connectivity index (χ2n) is 6.88. The maximum absolute atomic E-state index is 12.2. The molecule has 2 atom stereocenters. The topological polar surface area (TPSA) is 55.6 Å². The average Bonchev–Trinajstić information content (AvgIpc) is 3.18. The van der Waals surface area contributed by atoms with Crippen LogP contribution >= 0.6 is 0 Å². The minimum absolute atomic E-state index is 0.184. The first-order valence-corrected chi connectivity index (χ1v) is 8.78. The zero-order chi connectivity index (χ0) is 15.3. The van der Waals surface area contributed by atoms with E-state index in [9.17, 15) is 4.79 Å². The number of hydrogen-bond donors (Lipinski definition) is 1. The molecular formula is C17H32N2O2. The van der Waals surface area contributed by atoms with E-state index in [4.69, 9.17) is 10.5 Å². The Morgan fingerprint density at radius 3 is 2.67 bits per heavy atom. The lowest BCUT2D eigenvalue weighted by molar-refractivity contribution is -0.151. The lowest BCUT2D eigenvalue weighted by Gasteiger charge is -2.31. The molecule has 2 fully saturated rings. The molecular weight excluding hydrogens is 264 g/mol. The number of carbonyl (C=O) groups excluding carboxylic acids is 1. The standard InChI is InChI=1S/C17H32N2O2/c1-3-11-19(13-14-7-8-14)12-9-15-6-5-10-17(15,18)16(20)21-4-2/h14-15H,3-13,18H2,1-2H3. The molecule has 0 aromatic heterocycles. The van der Waals surface area contributed by atoms with Crippen molar-refractivity contribution >= 4 is 5.97 Å². The summed E-state index contributed by atoms with van der Waals surface area (Å²) in [5.41, 5.74) is 5.68. The molecule has 0 radical (unpaired) electrons. The zero-order valence-corrected chi connectivity index (χ0v) is 13.8. The summed E-state index contributed by atoms with van der Waals surface area (Å²) in [7, 11) is 0. The largest absolute Gasteiger partial charge is 0.465 e. The number of ether oxygens (including phenoxy) is 1. The fourth-order valence-corrected chi connectivity index (χ4v) is 3.65. The van der Waals surface area contributed by atoms with Gasteiger partial charge in [0.05, 0.1) is 6.61 Å². The molecule has 21 heavy (non-hydrogen) atoms. The van der Waals surface area contributed by atoms with Crippen LogP contribution in [0.1, 0.15) is 58.8 Å². The van der Waals surface area contributed by atoms with Crippen molar-refractivity contribution in [3.63, 3.8) is 0 Å². The Morgan fingerprint density at radius 1 is 1.29 bits per heavy atom. The summed E-state index contributed by atoms with van der Waals surface area (Å²) in [6.45, 7) is 7.99. The highest BCUT2D eigenvalue weighted by Gasteiger charge is 2.46. The van der Waals surface area contributed by atoms with Gasteiger partial charge in [-0.15, -0.1) is 0 Å². The minimum atomic E-state index is -0.729. The van der Waals surface area contributed by atoms with Gasteiger partial charge in [0.15, 0.2) is 0 Å². The SMILES string of the molecule is CCCN(CCC1CCCC1(N)C(=O)OCC)CC1CC1. The Hall–Kier alpha value is -0.610. The first-order valence-electron chi connectivity index (χ1n) is 8.78. The van der Waals surface area contributed by atoms with Crippen LogP contribution in [0.3, 0.4) is 0 Å². The maximum atomic E-state index is 12.2. The molecule has 0 aromatic rings. The molecule has 4 heteroatoms. The number of rotatable bonds is 9. The maximum Gasteiger partial charge on any atom is 0.326 e. The van der Waals surface area contributed by atoms with Gasteiger partial charge >= 0.3 is 5.97 Å². The fraction of sp³-hybridized carbons (Fsp3) is 0.941. The summed E-state index contributed by atoms with van der Waals surface area (Å²) >= 11 is 0. The summed E-state index contributed by atoms with van der Waals surface area (Å²) < 4.78 is 5.21. The fourth-order valence-electron chi connectivity index (χ4n) is 3.65. The van der Waals surface area contributed by atoms with Gasteiger partial charge < -0.3 is 15.4 Å². The third-order valence-corrected chi connectivity index (χ3v) is 5.07. The van der Waals surface area contributed by atoms with Gasteiger partial charge in [-0.25, -0.2) is 0 Å². The van der Waals surface area contributed by atoms with E-state index in [2.05, 4.69) is 11.8 Å². The Bertz CT molecular complexity index is 344.